The summed E-state index contributed by atoms with van der Waals surface area (Å²) in [5.41, 5.74) is 5.70. The molecule has 2 spiro atoms. The van der Waals surface area contributed by atoms with Gasteiger partial charge in [-0.05, 0) is 60.1 Å². The fourth-order valence-corrected chi connectivity index (χ4v) is 6.90. The summed E-state index contributed by atoms with van der Waals surface area (Å²) < 4.78 is 0. The first-order chi connectivity index (χ1) is 13.3. The van der Waals surface area contributed by atoms with Crippen LogP contribution in [0.4, 0.5) is 0 Å². The van der Waals surface area contributed by atoms with Crippen molar-refractivity contribution in [3.63, 3.8) is 0 Å². The molecule has 27 heavy (non-hydrogen) atoms. The van der Waals surface area contributed by atoms with Crippen LogP contribution in [0.25, 0.3) is 21.7 Å². The third-order valence-electron chi connectivity index (χ3n) is 7.90. The van der Waals surface area contributed by atoms with Crippen LogP contribution in [-0.2, 0) is 10.8 Å². The highest BCUT2D eigenvalue weighted by Crippen LogP contribution is 2.63. The van der Waals surface area contributed by atoms with E-state index in [0.29, 0.717) is 10.8 Å². The SMILES string of the molecule is N#Cc1cc2c3c(cnc2c2ccccc12)C1(CCCC1)CC31CCCC1. The summed E-state index contributed by atoms with van der Waals surface area (Å²) in [6.07, 6.45) is 14.2. The minimum absolute atomic E-state index is 0.329. The van der Waals surface area contributed by atoms with Gasteiger partial charge >= 0.3 is 0 Å². The molecule has 0 atom stereocenters. The number of hydrogen-bond acceptors (Lipinski definition) is 2. The number of hydrogen-bond donors (Lipinski definition) is 0. The molecule has 134 valence electrons. The second kappa shape index (κ2) is 5.32. The predicted molar refractivity (Wildman–Crippen MR) is 109 cm³/mol. The van der Waals surface area contributed by atoms with Crippen LogP contribution in [0.2, 0.25) is 0 Å². The van der Waals surface area contributed by atoms with E-state index < -0.39 is 0 Å². The molecular formula is C25H24N2. The molecule has 1 aromatic heterocycles. The van der Waals surface area contributed by atoms with Crippen LogP contribution in [-0.4, -0.2) is 4.98 Å². The molecule has 0 unspecified atom stereocenters. The van der Waals surface area contributed by atoms with Gasteiger partial charge in [0.2, 0.25) is 0 Å². The van der Waals surface area contributed by atoms with Gasteiger partial charge in [0.1, 0.15) is 0 Å². The van der Waals surface area contributed by atoms with Crippen molar-refractivity contribution in [2.45, 2.75) is 68.6 Å². The van der Waals surface area contributed by atoms with Crippen molar-refractivity contribution in [1.29, 1.82) is 5.26 Å². The third-order valence-corrected chi connectivity index (χ3v) is 7.90. The monoisotopic (exact) mass is 352 g/mol. The quantitative estimate of drug-likeness (QED) is 0.446. The molecule has 3 aliphatic rings. The van der Waals surface area contributed by atoms with Crippen LogP contribution < -0.4 is 0 Å². The molecule has 3 aromatic rings. The lowest BCUT2D eigenvalue weighted by Gasteiger charge is -2.29. The van der Waals surface area contributed by atoms with Gasteiger partial charge in [-0.25, -0.2) is 0 Å². The van der Waals surface area contributed by atoms with Gasteiger partial charge in [-0.2, -0.15) is 5.26 Å². The van der Waals surface area contributed by atoms with Gasteiger partial charge in [-0.1, -0.05) is 49.9 Å². The largest absolute Gasteiger partial charge is 0.255 e. The zero-order chi connectivity index (χ0) is 18.1. The molecular weight excluding hydrogens is 328 g/mol. The first-order valence-corrected chi connectivity index (χ1v) is 10.5. The third kappa shape index (κ3) is 1.93. The van der Waals surface area contributed by atoms with Crippen molar-refractivity contribution in [2.24, 2.45) is 0 Å². The van der Waals surface area contributed by atoms with E-state index in [0.717, 1.165) is 21.9 Å². The van der Waals surface area contributed by atoms with Crippen LogP contribution in [0.5, 0.6) is 0 Å². The van der Waals surface area contributed by atoms with Crippen molar-refractivity contribution in [1.82, 2.24) is 4.98 Å². The van der Waals surface area contributed by atoms with E-state index in [1.807, 2.05) is 6.07 Å². The van der Waals surface area contributed by atoms with Gasteiger partial charge in [0.25, 0.3) is 0 Å². The molecule has 2 heteroatoms. The lowest BCUT2D eigenvalue weighted by Crippen LogP contribution is -2.24. The van der Waals surface area contributed by atoms with Gasteiger partial charge in [0.05, 0.1) is 17.1 Å². The number of aromatic nitrogens is 1. The molecule has 0 amide bonds. The van der Waals surface area contributed by atoms with E-state index in [9.17, 15) is 5.26 Å². The fourth-order valence-electron chi connectivity index (χ4n) is 6.90. The molecule has 2 aromatic carbocycles. The highest BCUT2D eigenvalue weighted by molar-refractivity contribution is 6.09. The molecule has 0 radical (unpaired) electrons. The standard InChI is InChI=1S/C25H24N2/c26-14-17-13-20-22-21(15-27-23(20)19-8-2-1-7-18(17)19)24(9-3-4-10-24)16-25(22)11-5-6-12-25/h1-2,7-8,13,15H,3-6,9-12,16H2. The Labute approximate surface area is 160 Å². The lowest BCUT2D eigenvalue weighted by molar-refractivity contribution is 0.324. The molecule has 2 saturated carbocycles. The molecule has 2 nitrogen and oxygen atoms in total. The van der Waals surface area contributed by atoms with E-state index >= 15 is 0 Å². The number of fused-ring (bicyclic) bond motifs is 7. The predicted octanol–water partition coefficient (Wildman–Crippen LogP) is 6.29. The van der Waals surface area contributed by atoms with Crippen LogP contribution in [0, 0.1) is 11.3 Å². The molecule has 2 fully saturated rings. The second-order valence-electron chi connectivity index (χ2n) is 9.18. The number of rotatable bonds is 0. The number of pyridine rings is 1. The first kappa shape index (κ1) is 15.6. The van der Waals surface area contributed by atoms with E-state index in [-0.39, 0.29) is 0 Å². The lowest BCUT2D eigenvalue weighted by atomic mass is 9.74. The Morgan fingerprint density at radius 1 is 0.852 bits per heavy atom. The Morgan fingerprint density at radius 2 is 1.52 bits per heavy atom. The van der Waals surface area contributed by atoms with Gasteiger partial charge in [0, 0.05) is 22.4 Å². The van der Waals surface area contributed by atoms with Crippen molar-refractivity contribution < 1.29 is 0 Å². The minimum Gasteiger partial charge on any atom is -0.255 e. The number of benzene rings is 2. The Kier molecular flexibility index (Phi) is 3.08. The van der Waals surface area contributed by atoms with Gasteiger partial charge in [-0.15, -0.1) is 0 Å². The van der Waals surface area contributed by atoms with E-state index in [1.165, 1.54) is 68.7 Å². The molecule has 6 rings (SSSR count). The van der Waals surface area contributed by atoms with Gasteiger partial charge < -0.3 is 0 Å². The Morgan fingerprint density at radius 3 is 2.22 bits per heavy atom. The molecule has 0 saturated heterocycles. The molecule has 0 N–H and O–H groups in total. The highest BCUT2D eigenvalue weighted by atomic mass is 14.7. The van der Waals surface area contributed by atoms with Crippen LogP contribution in [0.15, 0.2) is 36.5 Å². The molecule has 3 aliphatic carbocycles. The minimum atomic E-state index is 0.329. The Balaban J connectivity index is 1.76. The highest BCUT2D eigenvalue weighted by Gasteiger charge is 2.54. The average molecular weight is 352 g/mol. The van der Waals surface area contributed by atoms with E-state index in [2.05, 4.69) is 36.5 Å². The maximum absolute atomic E-state index is 9.84. The van der Waals surface area contributed by atoms with Crippen LogP contribution in [0.1, 0.15) is 74.5 Å². The Bertz CT molecular complexity index is 1120. The van der Waals surface area contributed by atoms with E-state index in [4.69, 9.17) is 4.98 Å². The van der Waals surface area contributed by atoms with Crippen molar-refractivity contribution in [3.8, 4) is 6.07 Å². The molecule has 1 heterocycles. The maximum Gasteiger partial charge on any atom is 0.0998 e. The normalized spacial score (nSPS) is 22.0. The van der Waals surface area contributed by atoms with Crippen molar-refractivity contribution in [2.75, 3.05) is 0 Å². The molecule has 0 aliphatic heterocycles. The zero-order valence-electron chi connectivity index (χ0n) is 15.7. The summed E-state index contributed by atoms with van der Waals surface area (Å²) in [6, 6.07) is 12.9. The summed E-state index contributed by atoms with van der Waals surface area (Å²) in [5, 5.41) is 13.3. The summed E-state index contributed by atoms with van der Waals surface area (Å²) in [5.74, 6) is 0. The van der Waals surface area contributed by atoms with E-state index in [1.54, 1.807) is 5.56 Å². The number of nitriles is 1. The van der Waals surface area contributed by atoms with Gasteiger partial charge in [-0.3, -0.25) is 4.98 Å². The zero-order valence-corrected chi connectivity index (χ0v) is 15.7. The maximum atomic E-state index is 9.84. The summed E-state index contributed by atoms with van der Waals surface area (Å²) in [4.78, 5) is 5.02. The van der Waals surface area contributed by atoms with Crippen molar-refractivity contribution >= 4 is 21.7 Å². The van der Waals surface area contributed by atoms with Crippen molar-refractivity contribution in [3.05, 3.63) is 53.2 Å². The summed E-state index contributed by atoms with van der Waals surface area (Å²) in [7, 11) is 0. The fraction of sp³-hybridized carbons (Fsp3) is 0.440. The summed E-state index contributed by atoms with van der Waals surface area (Å²) >= 11 is 0. The van der Waals surface area contributed by atoms with Gasteiger partial charge in [0.15, 0.2) is 0 Å². The molecule has 0 bridgehead atoms. The smallest absolute Gasteiger partial charge is 0.0998 e. The number of nitrogens with zero attached hydrogens (tertiary/aromatic N) is 2. The van der Waals surface area contributed by atoms with Crippen LogP contribution >= 0.6 is 0 Å². The first-order valence-electron chi connectivity index (χ1n) is 10.5. The topological polar surface area (TPSA) is 36.7 Å². The second-order valence-corrected chi connectivity index (χ2v) is 9.18. The van der Waals surface area contributed by atoms with Crippen LogP contribution in [0.3, 0.4) is 0 Å². The Hall–Kier alpha value is -2.40. The summed E-state index contributed by atoms with van der Waals surface area (Å²) in [6.45, 7) is 0. The average Bonchev–Trinajstić information content (AvgIpc) is 3.43.